The molecule has 1 N–H and O–H groups in total. The van der Waals surface area contributed by atoms with Crippen LogP contribution in [0.4, 0.5) is 0 Å². The van der Waals surface area contributed by atoms with Gasteiger partial charge in [-0.2, -0.15) is 0 Å². The van der Waals surface area contributed by atoms with E-state index in [1.165, 1.54) is 0 Å². The molecular formula is C27H39NO4. The Hall–Kier alpha value is -2.66. The number of piperidine rings is 1. The Morgan fingerprint density at radius 1 is 0.938 bits per heavy atom. The summed E-state index contributed by atoms with van der Waals surface area (Å²) in [7, 11) is 0. The highest BCUT2D eigenvalue weighted by Gasteiger charge is 2.22. The first-order valence-corrected chi connectivity index (χ1v) is 11.9. The molecule has 0 atom stereocenters. The third kappa shape index (κ3) is 9.65. The van der Waals surface area contributed by atoms with E-state index in [0.29, 0.717) is 6.42 Å². The van der Waals surface area contributed by atoms with Gasteiger partial charge in [-0.3, -0.25) is 9.59 Å². The van der Waals surface area contributed by atoms with Crippen LogP contribution in [-0.2, 0) is 20.7 Å². The summed E-state index contributed by atoms with van der Waals surface area (Å²) >= 11 is 0. The fourth-order valence-corrected chi connectivity index (χ4v) is 3.66. The highest BCUT2D eigenvalue weighted by atomic mass is 16.5. The summed E-state index contributed by atoms with van der Waals surface area (Å²) in [6.07, 6.45) is 2.70. The van der Waals surface area contributed by atoms with Crippen molar-refractivity contribution >= 4 is 11.9 Å². The maximum absolute atomic E-state index is 12.5. The Balaban J connectivity index is 0.00000121. The van der Waals surface area contributed by atoms with Crippen LogP contribution in [0.3, 0.4) is 0 Å². The van der Waals surface area contributed by atoms with E-state index < -0.39 is 5.97 Å². The van der Waals surface area contributed by atoms with Crippen molar-refractivity contribution in [2.45, 2.75) is 65.9 Å². The molecule has 5 nitrogen and oxygen atoms in total. The number of hydrogen-bond acceptors (Lipinski definition) is 4. The summed E-state index contributed by atoms with van der Waals surface area (Å²) in [5.41, 5.74) is 3.14. The van der Waals surface area contributed by atoms with Crippen LogP contribution < -0.4 is 0 Å². The molecule has 2 aromatic rings. The average Bonchev–Trinajstić information content (AvgIpc) is 2.83. The van der Waals surface area contributed by atoms with Crippen LogP contribution in [-0.4, -0.2) is 47.7 Å². The maximum atomic E-state index is 12.5. The minimum absolute atomic E-state index is 0.0490. The number of hydrogen-bond donors (Lipinski definition) is 1. The highest BCUT2D eigenvalue weighted by molar-refractivity contribution is 5.78. The van der Waals surface area contributed by atoms with Crippen molar-refractivity contribution in [2.75, 3.05) is 19.6 Å². The van der Waals surface area contributed by atoms with Gasteiger partial charge in [-0.1, -0.05) is 82.3 Å². The fourth-order valence-electron chi connectivity index (χ4n) is 3.66. The lowest BCUT2D eigenvalue weighted by Gasteiger charge is -2.31. The molecule has 32 heavy (non-hydrogen) atoms. The molecule has 0 spiro atoms. The second-order valence-corrected chi connectivity index (χ2v) is 7.23. The summed E-state index contributed by atoms with van der Waals surface area (Å²) in [5.74, 6) is -0.938. The van der Waals surface area contributed by atoms with Crippen LogP contribution in [0.2, 0.25) is 0 Å². The zero-order valence-electron chi connectivity index (χ0n) is 20.0. The lowest BCUT2D eigenvalue weighted by Crippen LogP contribution is -2.38. The second kappa shape index (κ2) is 16.0. The SMILES string of the molecule is CC.CC.O=C(O)CCCN1CCC(OC(=O)Cc2ccccc2-c2ccccc2)CC1. The predicted octanol–water partition coefficient (Wildman–Crippen LogP) is 5.82. The number of benzene rings is 2. The standard InChI is InChI=1S/C23H27NO4.2C2H6/c25-22(26)11-6-14-24-15-12-20(13-16-24)28-23(27)17-19-9-4-5-10-21(19)18-7-2-1-3-8-18;2*1-2/h1-5,7-10,20H,6,11-17H2,(H,25,26);2*1-2H3. The zero-order chi connectivity index (χ0) is 23.8. The van der Waals surface area contributed by atoms with Gasteiger partial charge in [0.1, 0.15) is 6.10 Å². The number of esters is 1. The number of rotatable bonds is 8. The van der Waals surface area contributed by atoms with E-state index in [1.807, 2.05) is 82.3 Å². The van der Waals surface area contributed by atoms with Crippen molar-refractivity contribution in [3.8, 4) is 11.1 Å². The summed E-state index contributed by atoms with van der Waals surface area (Å²) in [5, 5.41) is 8.72. The molecule has 0 bridgehead atoms. The van der Waals surface area contributed by atoms with Gasteiger partial charge in [0.15, 0.2) is 0 Å². The Kier molecular flexibility index (Phi) is 13.7. The van der Waals surface area contributed by atoms with Gasteiger partial charge >= 0.3 is 11.9 Å². The number of carboxylic acids is 1. The normalized spacial score (nSPS) is 13.8. The maximum Gasteiger partial charge on any atom is 0.310 e. The first-order chi connectivity index (χ1) is 15.6. The van der Waals surface area contributed by atoms with Crippen LogP contribution in [0.1, 0.15) is 58.9 Å². The average molecular weight is 442 g/mol. The van der Waals surface area contributed by atoms with Gasteiger partial charge in [0.25, 0.3) is 0 Å². The second-order valence-electron chi connectivity index (χ2n) is 7.23. The quantitative estimate of drug-likeness (QED) is 0.523. The van der Waals surface area contributed by atoms with Crippen LogP contribution in [0.5, 0.6) is 0 Å². The summed E-state index contributed by atoms with van der Waals surface area (Å²) < 4.78 is 5.72. The topological polar surface area (TPSA) is 66.8 Å². The number of likely N-dealkylation sites (tertiary alicyclic amines) is 1. The van der Waals surface area contributed by atoms with Gasteiger partial charge in [-0.25, -0.2) is 0 Å². The van der Waals surface area contributed by atoms with Crippen LogP contribution in [0, 0.1) is 0 Å². The summed E-state index contributed by atoms with van der Waals surface area (Å²) in [4.78, 5) is 25.3. The number of aliphatic carboxylic acids is 1. The van der Waals surface area contributed by atoms with Crippen molar-refractivity contribution in [1.29, 1.82) is 0 Å². The van der Waals surface area contributed by atoms with Crippen molar-refractivity contribution in [3.05, 3.63) is 60.2 Å². The molecule has 0 amide bonds. The monoisotopic (exact) mass is 441 g/mol. The molecule has 1 fully saturated rings. The molecule has 0 saturated carbocycles. The molecule has 2 aromatic carbocycles. The third-order valence-electron chi connectivity index (χ3n) is 5.13. The van der Waals surface area contributed by atoms with E-state index in [0.717, 1.165) is 49.2 Å². The van der Waals surface area contributed by atoms with Crippen molar-refractivity contribution in [3.63, 3.8) is 0 Å². The van der Waals surface area contributed by atoms with Crippen LogP contribution in [0.25, 0.3) is 11.1 Å². The largest absolute Gasteiger partial charge is 0.481 e. The van der Waals surface area contributed by atoms with Crippen molar-refractivity contribution in [1.82, 2.24) is 4.90 Å². The molecule has 0 aliphatic carbocycles. The van der Waals surface area contributed by atoms with Crippen LogP contribution in [0.15, 0.2) is 54.6 Å². The lowest BCUT2D eigenvalue weighted by atomic mass is 9.98. The molecule has 1 saturated heterocycles. The molecule has 5 heteroatoms. The van der Waals surface area contributed by atoms with E-state index in [2.05, 4.69) is 4.90 Å². The van der Waals surface area contributed by atoms with Crippen LogP contribution >= 0.6 is 0 Å². The number of ether oxygens (including phenoxy) is 1. The van der Waals surface area contributed by atoms with Gasteiger partial charge < -0.3 is 14.7 Å². The predicted molar refractivity (Wildman–Crippen MR) is 131 cm³/mol. The van der Waals surface area contributed by atoms with E-state index in [9.17, 15) is 9.59 Å². The Morgan fingerprint density at radius 3 is 2.16 bits per heavy atom. The first-order valence-electron chi connectivity index (χ1n) is 11.9. The number of carboxylic acid groups (broad SMARTS) is 1. The molecule has 0 radical (unpaired) electrons. The number of nitrogens with zero attached hydrogens (tertiary/aromatic N) is 1. The summed E-state index contributed by atoms with van der Waals surface area (Å²) in [6, 6.07) is 18.0. The zero-order valence-corrected chi connectivity index (χ0v) is 20.0. The van der Waals surface area contributed by atoms with Crippen molar-refractivity contribution in [2.24, 2.45) is 0 Å². The van der Waals surface area contributed by atoms with Gasteiger partial charge in [-0.15, -0.1) is 0 Å². The molecule has 1 aliphatic heterocycles. The Morgan fingerprint density at radius 2 is 1.53 bits per heavy atom. The van der Waals surface area contributed by atoms with Gasteiger partial charge in [0.05, 0.1) is 6.42 Å². The smallest absolute Gasteiger partial charge is 0.310 e. The third-order valence-corrected chi connectivity index (χ3v) is 5.13. The minimum atomic E-state index is -0.750. The fraction of sp³-hybridized carbons (Fsp3) is 0.481. The lowest BCUT2D eigenvalue weighted by molar-refractivity contribution is -0.150. The van der Waals surface area contributed by atoms with E-state index >= 15 is 0 Å². The molecule has 3 rings (SSSR count). The molecule has 1 aliphatic rings. The van der Waals surface area contributed by atoms with Gasteiger partial charge in [0.2, 0.25) is 0 Å². The number of carbonyl (C=O) groups excluding carboxylic acids is 1. The molecular weight excluding hydrogens is 402 g/mol. The minimum Gasteiger partial charge on any atom is -0.481 e. The Bertz CT molecular complexity index is 783. The van der Waals surface area contributed by atoms with Gasteiger partial charge in [-0.05, 0) is 42.5 Å². The molecule has 176 valence electrons. The van der Waals surface area contributed by atoms with E-state index in [4.69, 9.17) is 9.84 Å². The Labute approximate surface area is 193 Å². The van der Waals surface area contributed by atoms with Gasteiger partial charge in [0, 0.05) is 19.5 Å². The molecule has 0 aromatic heterocycles. The first kappa shape index (κ1) is 27.4. The number of carbonyl (C=O) groups is 2. The molecule has 1 heterocycles. The van der Waals surface area contributed by atoms with Crippen molar-refractivity contribution < 1.29 is 19.4 Å². The van der Waals surface area contributed by atoms with E-state index in [1.54, 1.807) is 0 Å². The highest BCUT2D eigenvalue weighted by Crippen LogP contribution is 2.24. The van der Waals surface area contributed by atoms with E-state index in [-0.39, 0.29) is 24.9 Å². The molecule has 0 unspecified atom stereocenters. The summed E-state index contributed by atoms with van der Waals surface area (Å²) in [6.45, 7) is 10.5.